The van der Waals surface area contributed by atoms with Gasteiger partial charge in [0.05, 0.1) is 10.2 Å². The van der Waals surface area contributed by atoms with Crippen molar-refractivity contribution in [1.82, 2.24) is 9.97 Å². The zero-order chi connectivity index (χ0) is 16.1. The number of hydrogen-bond acceptors (Lipinski definition) is 5. The summed E-state index contributed by atoms with van der Waals surface area (Å²) >= 11 is 4.67. The molecule has 0 spiro atoms. The third kappa shape index (κ3) is 3.33. The molecule has 2 rings (SSSR count). The number of aromatic amines is 1. The van der Waals surface area contributed by atoms with Gasteiger partial charge in [0.1, 0.15) is 24.0 Å². The summed E-state index contributed by atoms with van der Waals surface area (Å²) in [6.45, 7) is 0.154. The lowest BCUT2D eigenvalue weighted by Gasteiger charge is -2.09. The van der Waals surface area contributed by atoms with Gasteiger partial charge in [0.25, 0.3) is 5.56 Å². The summed E-state index contributed by atoms with van der Waals surface area (Å²) in [7, 11) is 0. The van der Waals surface area contributed by atoms with Gasteiger partial charge in [-0.2, -0.15) is 5.26 Å². The number of terminal acetylenes is 1. The highest BCUT2D eigenvalue weighted by Crippen LogP contribution is 2.31. The van der Waals surface area contributed by atoms with E-state index < -0.39 is 5.56 Å². The molecule has 0 aliphatic carbocycles. The molecule has 1 N–H and O–H groups in total. The molecule has 2 aromatic rings. The first-order valence-corrected chi connectivity index (χ1v) is 8.07. The molecule has 0 amide bonds. The van der Waals surface area contributed by atoms with Crippen molar-refractivity contribution < 1.29 is 4.74 Å². The molecule has 0 saturated carbocycles. The SMILES string of the molecule is C#CCOc1ccc(-c2nc(SC)[nH]c(=O)c2C#N)cc1Br. The largest absolute Gasteiger partial charge is 0.480 e. The summed E-state index contributed by atoms with van der Waals surface area (Å²) < 4.78 is 6.03. The fraction of sp³-hybridized carbons (Fsp3) is 0.133. The summed E-state index contributed by atoms with van der Waals surface area (Å²) in [5, 5.41) is 9.64. The van der Waals surface area contributed by atoms with E-state index in [9.17, 15) is 10.1 Å². The van der Waals surface area contributed by atoms with Crippen LogP contribution in [-0.2, 0) is 0 Å². The number of halogens is 1. The predicted molar refractivity (Wildman–Crippen MR) is 88.8 cm³/mol. The molecule has 22 heavy (non-hydrogen) atoms. The van der Waals surface area contributed by atoms with Gasteiger partial charge in [-0.1, -0.05) is 17.7 Å². The smallest absolute Gasteiger partial charge is 0.270 e. The van der Waals surface area contributed by atoms with Gasteiger partial charge in [-0.25, -0.2) is 4.98 Å². The Labute approximate surface area is 139 Å². The Balaban J connectivity index is 2.55. The molecule has 0 unspecified atom stereocenters. The van der Waals surface area contributed by atoms with E-state index >= 15 is 0 Å². The fourth-order valence-corrected chi connectivity index (χ4v) is 2.62. The van der Waals surface area contributed by atoms with Crippen LogP contribution in [0.3, 0.4) is 0 Å². The minimum absolute atomic E-state index is 0.0259. The molecular weight excluding hydrogens is 366 g/mol. The Bertz CT molecular complexity index is 849. The standard InChI is InChI=1S/C15H10BrN3O2S/c1-3-6-21-12-5-4-9(7-11(12)16)13-10(8-17)14(20)19-15(18-13)22-2/h1,4-5,7H,6H2,2H3,(H,18,19,20). The molecule has 0 fully saturated rings. The highest BCUT2D eigenvalue weighted by Gasteiger charge is 2.14. The van der Waals surface area contributed by atoms with E-state index in [1.165, 1.54) is 11.8 Å². The van der Waals surface area contributed by atoms with Crippen molar-refractivity contribution in [2.45, 2.75) is 5.16 Å². The maximum absolute atomic E-state index is 11.9. The molecule has 0 radical (unpaired) electrons. The third-order valence-electron chi connectivity index (χ3n) is 2.72. The number of benzene rings is 1. The first-order valence-electron chi connectivity index (χ1n) is 6.05. The van der Waals surface area contributed by atoms with Crippen LogP contribution in [0.15, 0.2) is 32.6 Å². The van der Waals surface area contributed by atoms with E-state index in [4.69, 9.17) is 11.2 Å². The average molecular weight is 376 g/mol. The van der Waals surface area contributed by atoms with Crippen LogP contribution in [0.5, 0.6) is 5.75 Å². The predicted octanol–water partition coefficient (Wildman–Crippen LogP) is 2.80. The Morgan fingerprint density at radius 3 is 2.91 bits per heavy atom. The normalized spacial score (nSPS) is 9.82. The molecular formula is C15H10BrN3O2S. The number of aromatic nitrogens is 2. The number of hydrogen-bond donors (Lipinski definition) is 1. The summed E-state index contributed by atoms with van der Waals surface area (Å²) in [6, 6.07) is 7.06. The van der Waals surface area contributed by atoms with Crippen LogP contribution in [0.4, 0.5) is 0 Å². The van der Waals surface area contributed by atoms with Gasteiger partial charge in [-0.15, -0.1) is 6.42 Å². The van der Waals surface area contributed by atoms with Gasteiger partial charge in [0.15, 0.2) is 5.16 Å². The summed E-state index contributed by atoms with van der Waals surface area (Å²) in [5.41, 5.74) is 0.486. The van der Waals surface area contributed by atoms with Gasteiger partial charge >= 0.3 is 0 Å². The number of rotatable bonds is 4. The quantitative estimate of drug-likeness (QED) is 0.504. The van der Waals surface area contributed by atoms with E-state index in [1.807, 2.05) is 6.07 Å². The highest BCUT2D eigenvalue weighted by molar-refractivity contribution is 9.10. The van der Waals surface area contributed by atoms with Gasteiger partial charge < -0.3 is 9.72 Å². The number of nitriles is 1. The molecule has 0 atom stereocenters. The summed E-state index contributed by atoms with van der Waals surface area (Å²) in [6.07, 6.45) is 6.95. The van der Waals surface area contributed by atoms with Crippen molar-refractivity contribution in [3.05, 3.63) is 38.6 Å². The Morgan fingerprint density at radius 1 is 1.55 bits per heavy atom. The summed E-state index contributed by atoms with van der Waals surface area (Å²) in [4.78, 5) is 18.8. The lowest BCUT2D eigenvalue weighted by molar-refractivity contribution is 0.368. The second-order valence-corrected chi connectivity index (χ2v) is 5.70. The van der Waals surface area contributed by atoms with Crippen molar-refractivity contribution in [2.75, 3.05) is 12.9 Å². The van der Waals surface area contributed by atoms with Crippen LogP contribution in [0, 0.1) is 23.7 Å². The lowest BCUT2D eigenvalue weighted by Crippen LogP contribution is -2.14. The monoisotopic (exact) mass is 375 g/mol. The van der Waals surface area contributed by atoms with Gasteiger partial charge in [-0.3, -0.25) is 4.79 Å². The minimum atomic E-state index is -0.458. The Kier molecular flexibility index (Phi) is 5.26. The molecule has 1 aromatic heterocycles. The Morgan fingerprint density at radius 2 is 2.32 bits per heavy atom. The zero-order valence-corrected chi connectivity index (χ0v) is 13.9. The molecule has 1 heterocycles. The van der Waals surface area contributed by atoms with Gasteiger partial charge in [0.2, 0.25) is 0 Å². The number of nitrogens with zero attached hydrogens (tertiary/aromatic N) is 2. The second kappa shape index (κ2) is 7.17. The maximum Gasteiger partial charge on any atom is 0.270 e. The first-order chi connectivity index (χ1) is 10.6. The molecule has 0 aliphatic heterocycles. The topological polar surface area (TPSA) is 78.8 Å². The van der Waals surface area contributed by atoms with Crippen molar-refractivity contribution in [3.63, 3.8) is 0 Å². The van der Waals surface area contributed by atoms with E-state index in [-0.39, 0.29) is 12.2 Å². The molecule has 5 nitrogen and oxygen atoms in total. The molecule has 1 aromatic carbocycles. The average Bonchev–Trinajstić information content (AvgIpc) is 2.52. The zero-order valence-electron chi connectivity index (χ0n) is 11.5. The number of H-pyrrole nitrogens is 1. The highest BCUT2D eigenvalue weighted by atomic mass is 79.9. The fourth-order valence-electron chi connectivity index (χ4n) is 1.75. The van der Waals surface area contributed by atoms with E-state index in [0.717, 1.165) is 0 Å². The van der Waals surface area contributed by atoms with Crippen molar-refractivity contribution in [3.8, 4) is 35.4 Å². The minimum Gasteiger partial charge on any atom is -0.480 e. The van der Waals surface area contributed by atoms with Crippen molar-refractivity contribution in [2.24, 2.45) is 0 Å². The number of thioether (sulfide) groups is 1. The third-order valence-corrected chi connectivity index (χ3v) is 3.92. The van der Waals surface area contributed by atoms with Crippen molar-refractivity contribution >= 4 is 27.7 Å². The second-order valence-electron chi connectivity index (χ2n) is 4.05. The van der Waals surface area contributed by atoms with E-state index in [1.54, 1.807) is 24.5 Å². The van der Waals surface area contributed by atoms with Crippen molar-refractivity contribution in [1.29, 1.82) is 5.26 Å². The van der Waals surface area contributed by atoms with Gasteiger partial charge in [-0.05, 0) is 40.4 Å². The van der Waals surface area contributed by atoms with Crippen LogP contribution in [0.25, 0.3) is 11.3 Å². The number of ether oxygens (including phenoxy) is 1. The van der Waals surface area contributed by atoms with E-state index in [0.29, 0.717) is 26.6 Å². The van der Waals surface area contributed by atoms with Crippen LogP contribution in [0.1, 0.15) is 5.56 Å². The van der Waals surface area contributed by atoms with Gasteiger partial charge in [0, 0.05) is 5.56 Å². The molecule has 7 heteroatoms. The molecule has 0 aliphatic rings. The molecule has 0 bridgehead atoms. The van der Waals surface area contributed by atoms with Crippen LogP contribution in [-0.4, -0.2) is 22.8 Å². The molecule has 0 saturated heterocycles. The molecule has 110 valence electrons. The van der Waals surface area contributed by atoms with Crippen LogP contribution >= 0.6 is 27.7 Å². The van der Waals surface area contributed by atoms with Crippen LogP contribution in [0.2, 0.25) is 0 Å². The lowest BCUT2D eigenvalue weighted by atomic mass is 10.1. The Hall–Kier alpha value is -2.22. The van der Waals surface area contributed by atoms with E-state index in [2.05, 4.69) is 31.8 Å². The first kappa shape index (κ1) is 16.2. The summed E-state index contributed by atoms with van der Waals surface area (Å²) in [5.74, 6) is 2.96. The maximum atomic E-state index is 11.9. The van der Waals surface area contributed by atoms with Crippen LogP contribution < -0.4 is 10.3 Å². The number of nitrogens with one attached hydrogen (secondary N) is 1.